The molecule has 0 atom stereocenters. The summed E-state index contributed by atoms with van der Waals surface area (Å²) in [7, 11) is 0. The van der Waals surface area contributed by atoms with Crippen LogP contribution >= 0.6 is 45.3 Å². The smallest absolute Gasteiger partial charge is 0.143 e. The van der Waals surface area contributed by atoms with Gasteiger partial charge in [-0.2, -0.15) is 0 Å². The van der Waals surface area contributed by atoms with Gasteiger partial charge in [-0.3, -0.25) is 0 Å². The first-order valence-electron chi connectivity index (χ1n) is 12.8. The fraction of sp³-hybridized carbons (Fsp3) is 0.500. The predicted molar refractivity (Wildman–Crippen MR) is 162 cm³/mol. The maximum Gasteiger partial charge on any atom is 0.143 e. The zero-order valence-electron chi connectivity index (χ0n) is 21.4. The van der Waals surface area contributed by atoms with Crippen LogP contribution in [0.25, 0.3) is 32.8 Å². The Labute approximate surface area is 239 Å². The summed E-state index contributed by atoms with van der Waals surface area (Å²) in [6.07, 6.45) is 1.82. The lowest BCUT2D eigenvalue weighted by Gasteiger charge is -2.04. The molecular weight excluding hydrogens is 557 g/mol. The molecule has 0 spiro atoms. The quantitative estimate of drug-likeness (QED) is 0.0891. The molecule has 206 valence electrons. The molecule has 38 heavy (non-hydrogen) atoms. The summed E-state index contributed by atoms with van der Waals surface area (Å²) in [5.41, 5.74) is 14.6. The zero-order chi connectivity index (χ0) is 26.4. The number of nitrogens with two attached hydrogens (primary N) is 2. The van der Waals surface area contributed by atoms with Gasteiger partial charge in [-0.1, -0.05) is 0 Å². The summed E-state index contributed by atoms with van der Waals surface area (Å²) in [5.74, 6) is 0. The highest BCUT2D eigenvalue weighted by Crippen LogP contribution is 2.33. The van der Waals surface area contributed by atoms with Gasteiger partial charge in [-0.05, 0) is 0 Å². The van der Waals surface area contributed by atoms with Crippen LogP contribution in [-0.4, -0.2) is 85.4 Å². The van der Waals surface area contributed by atoms with E-state index in [1.54, 1.807) is 45.3 Å². The van der Waals surface area contributed by atoms with Crippen LogP contribution in [-0.2, 0) is 12.8 Å². The van der Waals surface area contributed by atoms with Crippen molar-refractivity contribution in [3.05, 3.63) is 31.5 Å². The van der Waals surface area contributed by atoms with Crippen LogP contribution in [0.5, 0.6) is 0 Å². The lowest BCUT2D eigenvalue weighted by Crippen LogP contribution is -2.31. The minimum absolute atomic E-state index is 0.671. The molecule has 0 bridgehead atoms. The third-order valence-electron chi connectivity index (χ3n) is 5.44. The van der Waals surface area contributed by atoms with Gasteiger partial charge in [0.2, 0.25) is 0 Å². The Morgan fingerprint density at radius 3 is 1.29 bits per heavy atom. The molecule has 0 amide bonds. The van der Waals surface area contributed by atoms with Crippen LogP contribution < -0.4 is 32.7 Å². The summed E-state index contributed by atoms with van der Waals surface area (Å²) in [4.78, 5) is 19.2. The molecule has 0 aliphatic carbocycles. The Bertz CT molecular complexity index is 1110. The maximum absolute atomic E-state index is 5.48. The lowest BCUT2D eigenvalue weighted by atomic mass is 10.4. The third-order valence-corrected chi connectivity index (χ3v) is 8.99. The Morgan fingerprint density at radius 2 is 0.868 bits per heavy atom. The average molecular weight is 593 g/mol. The molecule has 4 rings (SSSR count). The first kappa shape index (κ1) is 29.3. The van der Waals surface area contributed by atoms with Crippen LogP contribution in [0, 0.1) is 0 Å². The average Bonchev–Trinajstić information content (AvgIpc) is 3.73. The number of rotatable bonds is 19. The van der Waals surface area contributed by atoms with Crippen molar-refractivity contribution in [1.82, 2.24) is 41.2 Å². The van der Waals surface area contributed by atoms with Crippen molar-refractivity contribution in [1.29, 1.82) is 0 Å². The van der Waals surface area contributed by atoms with Crippen LogP contribution in [0.2, 0.25) is 0 Å². The molecule has 0 aliphatic heterocycles. The molecule has 0 radical (unpaired) electrons. The summed E-state index contributed by atoms with van der Waals surface area (Å²) >= 11 is 6.59. The highest BCUT2D eigenvalue weighted by Gasteiger charge is 2.15. The maximum atomic E-state index is 5.48. The fourth-order valence-corrected chi connectivity index (χ4v) is 6.78. The van der Waals surface area contributed by atoms with Crippen LogP contribution in [0.15, 0.2) is 21.5 Å². The number of nitrogens with zero attached hydrogens (tertiary/aromatic N) is 4. The molecule has 0 fully saturated rings. The van der Waals surface area contributed by atoms with E-state index in [9.17, 15) is 0 Å². The van der Waals surface area contributed by atoms with E-state index in [-0.39, 0.29) is 0 Å². The Balaban J connectivity index is 1.24. The fourth-order valence-electron chi connectivity index (χ4n) is 3.51. The minimum Gasteiger partial charge on any atom is -0.329 e. The summed E-state index contributed by atoms with van der Waals surface area (Å²) in [5, 5.41) is 25.8. The van der Waals surface area contributed by atoms with E-state index in [1.807, 2.05) is 0 Å². The van der Waals surface area contributed by atoms with Gasteiger partial charge in [0.15, 0.2) is 0 Å². The van der Waals surface area contributed by atoms with E-state index in [1.165, 1.54) is 0 Å². The molecule has 0 saturated carbocycles. The van der Waals surface area contributed by atoms with Gasteiger partial charge >= 0.3 is 0 Å². The van der Waals surface area contributed by atoms with Gasteiger partial charge < -0.3 is 32.7 Å². The largest absolute Gasteiger partial charge is 0.329 e. The van der Waals surface area contributed by atoms with Gasteiger partial charge in [0.05, 0.1) is 10.0 Å². The van der Waals surface area contributed by atoms with E-state index < -0.39 is 0 Å². The molecule has 8 N–H and O–H groups in total. The van der Waals surface area contributed by atoms with Crippen molar-refractivity contribution < 1.29 is 0 Å². The molecular formula is C24H36N10S4. The Morgan fingerprint density at radius 1 is 0.474 bits per heavy atom. The van der Waals surface area contributed by atoms with Gasteiger partial charge in [-0.15, -0.1) is 45.3 Å². The number of nitrogens with one attached hydrogen (secondary N) is 4. The monoisotopic (exact) mass is 592 g/mol. The number of thiazole rings is 4. The van der Waals surface area contributed by atoms with E-state index >= 15 is 0 Å². The molecule has 10 nitrogen and oxygen atoms in total. The summed E-state index contributed by atoms with van der Waals surface area (Å²) in [6.45, 7) is 8.57. The summed E-state index contributed by atoms with van der Waals surface area (Å²) < 4.78 is 0. The highest BCUT2D eigenvalue weighted by atomic mass is 32.1. The predicted octanol–water partition coefficient (Wildman–Crippen LogP) is 1.87. The summed E-state index contributed by atoms with van der Waals surface area (Å²) in [6, 6.07) is 0. The van der Waals surface area contributed by atoms with Gasteiger partial charge in [0.1, 0.15) is 32.8 Å². The molecule has 4 aromatic rings. The second-order valence-electron chi connectivity index (χ2n) is 8.41. The van der Waals surface area contributed by atoms with Gasteiger partial charge in [-0.25, -0.2) is 19.9 Å². The molecule has 0 unspecified atom stereocenters. The molecule has 4 heterocycles. The molecule has 0 aromatic carbocycles. The first-order chi connectivity index (χ1) is 18.8. The molecule has 0 saturated heterocycles. The van der Waals surface area contributed by atoms with E-state index in [4.69, 9.17) is 31.4 Å². The number of aromatic nitrogens is 4. The SMILES string of the molecule is NCCNCCNCCc1nc(-c2nc(-c3csc(-c4csc(CCNCCNCCN)n4)n3)cs2)cs1. The second kappa shape index (κ2) is 16.4. The highest BCUT2D eigenvalue weighted by molar-refractivity contribution is 7.15. The van der Waals surface area contributed by atoms with Gasteiger partial charge in [0, 0.05) is 99.8 Å². The van der Waals surface area contributed by atoms with E-state index in [0.29, 0.717) is 13.1 Å². The van der Waals surface area contributed by atoms with Crippen LogP contribution in [0.3, 0.4) is 0 Å². The molecule has 4 aromatic heterocycles. The molecule has 14 heteroatoms. The first-order valence-corrected chi connectivity index (χ1v) is 16.3. The third kappa shape index (κ3) is 9.19. The van der Waals surface area contributed by atoms with Crippen LogP contribution in [0.4, 0.5) is 0 Å². The standard InChI is InChI=1S/C24H36N10S4/c25-3-7-29-11-9-27-5-1-21-31-19(15-35-21)23-33-17(13-37-23)18-14-38-24(34-18)20-16-36-22(32-20)2-6-28-10-12-30-8-4-26/h13-16,27-30H,1-12,25-26H2. The van der Waals surface area contributed by atoms with Gasteiger partial charge in [0.25, 0.3) is 0 Å². The van der Waals surface area contributed by atoms with Crippen molar-refractivity contribution in [2.45, 2.75) is 12.8 Å². The zero-order valence-corrected chi connectivity index (χ0v) is 24.6. The van der Waals surface area contributed by atoms with E-state index in [2.05, 4.69) is 42.8 Å². The number of hydrogen-bond acceptors (Lipinski definition) is 14. The van der Waals surface area contributed by atoms with Crippen molar-refractivity contribution in [2.75, 3.05) is 65.4 Å². The van der Waals surface area contributed by atoms with Crippen molar-refractivity contribution in [3.63, 3.8) is 0 Å². The topological polar surface area (TPSA) is 152 Å². The van der Waals surface area contributed by atoms with Crippen molar-refractivity contribution in [2.24, 2.45) is 11.5 Å². The number of hydrogen-bond donors (Lipinski definition) is 6. The molecule has 0 aliphatic rings. The normalized spacial score (nSPS) is 11.5. The lowest BCUT2D eigenvalue weighted by molar-refractivity contribution is 0.614. The van der Waals surface area contributed by atoms with Crippen LogP contribution in [0.1, 0.15) is 10.0 Å². The van der Waals surface area contributed by atoms with Crippen molar-refractivity contribution >= 4 is 45.3 Å². The Hall–Kier alpha value is -1.72. The Kier molecular flexibility index (Phi) is 12.6. The second-order valence-corrected chi connectivity index (χ2v) is 12.0. The van der Waals surface area contributed by atoms with Crippen molar-refractivity contribution in [3.8, 4) is 32.8 Å². The minimum atomic E-state index is 0.671. The van der Waals surface area contributed by atoms with E-state index in [0.717, 1.165) is 108 Å².